The number of benzene rings is 1. The number of rotatable bonds is 4. The van der Waals surface area contributed by atoms with Gasteiger partial charge in [-0.25, -0.2) is 4.79 Å². The van der Waals surface area contributed by atoms with Crippen LogP contribution in [0.4, 0.5) is 4.79 Å². The second kappa shape index (κ2) is 7.00. The molecule has 1 amide bonds. The molecule has 0 aromatic heterocycles. The van der Waals surface area contributed by atoms with Crippen LogP contribution in [0.3, 0.4) is 0 Å². The SMILES string of the molecule is CCOC(=O)[C@H]1N[C@@H]2C[C@@H]1CN(C(=O)OCc1ccccc1)C2. The summed E-state index contributed by atoms with van der Waals surface area (Å²) < 4.78 is 10.5. The van der Waals surface area contributed by atoms with Gasteiger partial charge in [-0.05, 0) is 18.9 Å². The number of esters is 1. The van der Waals surface area contributed by atoms with Crippen molar-refractivity contribution in [2.75, 3.05) is 19.7 Å². The number of nitrogens with zero attached hydrogens (tertiary/aromatic N) is 1. The number of fused-ring (bicyclic) bond motifs is 2. The van der Waals surface area contributed by atoms with Crippen molar-refractivity contribution in [1.29, 1.82) is 0 Å². The number of amides is 1. The number of ether oxygens (including phenoxy) is 2. The second-order valence-corrected chi connectivity index (χ2v) is 6.03. The van der Waals surface area contributed by atoms with E-state index in [4.69, 9.17) is 9.47 Å². The van der Waals surface area contributed by atoms with Gasteiger partial charge in [0.25, 0.3) is 0 Å². The van der Waals surface area contributed by atoms with Crippen LogP contribution in [0.2, 0.25) is 0 Å². The maximum absolute atomic E-state index is 12.3. The molecule has 23 heavy (non-hydrogen) atoms. The molecule has 2 heterocycles. The molecule has 3 rings (SSSR count). The zero-order valence-corrected chi connectivity index (χ0v) is 13.2. The molecule has 0 aliphatic carbocycles. The molecule has 1 aromatic rings. The summed E-state index contributed by atoms with van der Waals surface area (Å²) in [6.45, 7) is 3.53. The van der Waals surface area contributed by atoms with E-state index in [-0.39, 0.29) is 36.7 Å². The predicted molar refractivity (Wildman–Crippen MR) is 83.7 cm³/mol. The number of piperidine rings is 1. The molecule has 2 fully saturated rings. The second-order valence-electron chi connectivity index (χ2n) is 6.03. The molecule has 2 saturated heterocycles. The standard InChI is InChI=1S/C17H22N2O4/c1-2-22-16(20)15-13-8-14(18-15)10-19(9-13)17(21)23-11-12-6-4-3-5-7-12/h3-7,13-15,18H,2,8-11H2,1H3/t13-,14-,15+/m1/s1. The van der Waals surface area contributed by atoms with Gasteiger partial charge in [-0.3, -0.25) is 10.1 Å². The van der Waals surface area contributed by atoms with E-state index in [2.05, 4.69) is 5.32 Å². The van der Waals surface area contributed by atoms with E-state index < -0.39 is 0 Å². The summed E-state index contributed by atoms with van der Waals surface area (Å²) >= 11 is 0. The van der Waals surface area contributed by atoms with Gasteiger partial charge in [-0.2, -0.15) is 0 Å². The smallest absolute Gasteiger partial charge is 0.410 e. The monoisotopic (exact) mass is 318 g/mol. The minimum atomic E-state index is -0.324. The summed E-state index contributed by atoms with van der Waals surface area (Å²) in [6, 6.07) is 9.42. The maximum atomic E-state index is 12.3. The molecule has 2 aliphatic heterocycles. The molecule has 0 spiro atoms. The third kappa shape index (κ3) is 3.64. The van der Waals surface area contributed by atoms with E-state index in [0.29, 0.717) is 19.7 Å². The fraction of sp³-hybridized carbons (Fsp3) is 0.529. The molecule has 6 heteroatoms. The summed E-state index contributed by atoms with van der Waals surface area (Å²) in [5, 5.41) is 3.27. The van der Waals surface area contributed by atoms with Crippen molar-refractivity contribution in [1.82, 2.24) is 10.2 Å². The molecule has 1 N–H and O–H groups in total. The minimum absolute atomic E-state index is 0.0945. The van der Waals surface area contributed by atoms with Crippen LogP contribution in [-0.2, 0) is 20.9 Å². The summed E-state index contributed by atoms with van der Waals surface area (Å²) in [6.07, 6.45) is 0.571. The van der Waals surface area contributed by atoms with E-state index in [1.807, 2.05) is 30.3 Å². The molecule has 6 nitrogen and oxygen atoms in total. The molecule has 3 atom stereocenters. The fourth-order valence-corrected chi connectivity index (χ4v) is 3.34. The molecule has 0 unspecified atom stereocenters. The Morgan fingerprint density at radius 2 is 2.00 bits per heavy atom. The van der Waals surface area contributed by atoms with Crippen molar-refractivity contribution in [2.45, 2.75) is 32.0 Å². The number of hydrogen-bond acceptors (Lipinski definition) is 5. The average Bonchev–Trinajstić information content (AvgIpc) is 2.88. The van der Waals surface area contributed by atoms with Crippen LogP contribution in [-0.4, -0.2) is 48.7 Å². The normalized spacial score (nSPS) is 26.0. The van der Waals surface area contributed by atoms with E-state index in [0.717, 1.165) is 12.0 Å². The molecule has 0 saturated carbocycles. The van der Waals surface area contributed by atoms with Crippen LogP contribution in [0.15, 0.2) is 30.3 Å². The van der Waals surface area contributed by atoms with E-state index in [1.165, 1.54) is 0 Å². The Labute approximate surface area is 135 Å². The van der Waals surface area contributed by atoms with Crippen molar-refractivity contribution in [3.8, 4) is 0 Å². The highest BCUT2D eigenvalue weighted by Crippen LogP contribution is 2.28. The first-order chi connectivity index (χ1) is 11.2. The summed E-state index contributed by atoms with van der Waals surface area (Å²) in [5.41, 5.74) is 0.961. The Kier molecular flexibility index (Phi) is 4.81. The largest absolute Gasteiger partial charge is 0.465 e. The Morgan fingerprint density at radius 1 is 1.22 bits per heavy atom. The van der Waals surface area contributed by atoms with Gasteiger partial charge in [0.15, 0.2) is 0 Å². The van der Waals surface area contributed by atoms with E-state index >= 15 is 0 Å². The lowest BCUT2D eigenvalue weighted by atomic mass is 9.95. The Morgan fingerprint density at radius 3 is 2.74 bits per heavy atom. The number of nitrogens with one attached hydrogen (secondary N) is 1. The highest BCUT2D eigenvalue weighted by atomic mass is 16.6. The van der Waals surface area contributed by atoms with Crippen molar-refractivity contribution in [3.63, 3.8) is 0 Å². The van der Waals surface area contributed by atoms with Crippen LogP contribution < -0.4 is 5.32 Å². The molecule has 124 valence electrons. The predicted octanol–water partition coefficient (Wildman–Crippen LogP) is 1.55. The molecule has 1 aromatic carbocycles. The number of hydrogen-bond donors (Lipinski definition) is 1. The summed E-state index contributed by atoms with van der Waals surface area (Å²) in [4.78, 5) is 25.9. The molecular formula is C17H22N2O4. The van der Waals surface area contributed by atoms with Crippen molar-refractivity contribution in [3.05, 3.63) is 35.9 Å². The fourth-order valence-electron chi connectivity index (χ4n) is 3.34. The zero-order valence-electron chi connectivity index (χ0n) is 13.2. The highest BCUT2D eigenvalue weighted by molar-refractivity contribution is 5.77. The van der Waals surface area contributed by atoms with Crippen molar-refractivity contribution in [2.24, 2.45) is 5.92 Å². The van der Waals surface area contributed by atoms with Gasteiger partial charge in [-0.15, -0.1) is 0 Å². The summed E-state index contributed by atoms with van der Waals surface area (Å²) in [5.74, 6) is -0.128. The van der Waals surface area contributed by atoms with Gasteiger partial charge in [0.2, 0.25) is 0 Å². The van der Waals surface area contributed by atoms with Crippen molar-refractivity contribution < 1.29 is 19.1 Å². The number of carbonyl (C=O) groups excluding carboxylic acids is 2. The number of likely N-dealkylation sites (tertiary alicyclic amines) is 1. The van der Waals surface area contributed by atoms with Gasteiger partial charge in [-0.1, -0.05) is 30.3 Å². The first kappa shape index (κ1) is 15.8. The quantitative estimate of drug-likeness (QED) is 0.853. The number of carbonyl (C=O) groups is 2. The van der Waals surface area contributed by atoms with Crippen molar-refractivity contribution >= 4 is 12.1 Å². The third-order valence-corrected chi connectivity index (χ3v) is 4.37. The Balaban J connectivity index is 1.54. The first-order valence-corrected chi connectivity index (χ1v) is 8.05. The van der Waals surface area contributed by atoms with Crippen LogP contribution in [0.25, 0.3) is 0 Å². The van der Waals surface area contributed by atoms with Gasteiger partial charge >= 0.3 is 12.1 Å². The van der Waals surface area contributed by atoms with Crippen LogP contribution in [0.5, 0.6) is 0 Å². The van der Waals surface area contributed by atoms with E-state index in [1.54, 1.807) is 11.8 Å². The lowest BCUT2D eigenvalue weighted by Gasteiger charge is -2.30. The molecule has 2 aliphatic rings. The highest BCUT2D eigenvalue weighted by Gasteiger charge is 2.45. The lowest BCUT2D eigenvalue weighted by molar-refractivity contribution is -0.146. The first-order valence-electron chi connectivity index (χ1n) is 8.05. The van der Waals surface area contributed by atoms with E-state index in [9.17, 15) is 9.59 Å². The van der Waals surface area contributed by atoms with Gasteiger partial charge < -0.3 is 14.4 Å². The third-order valence-electron chi connectivity index (χ3n) is 4.37. The molecule has 2 bridgehead atoms. The van der Waals surface area contributed by atoms with Gasteiger partial charge in [0, 0.05) is 25.0 Å². The zero-order chi connectivity index (χ0) is 16.2. The minimum Gasteiger partial charge on any atom is -0.465 e. The van der Waals surface area contributed by atoms with Crippen LogP contribution in [0, 0.1) is 5.92 Å². The Bertz CT molecular complexity index is 563. The van der Waals surface area contributed by atoms with Crippen LogP contribution in [0.1, 0.15) is 18.9 Å². The van der Waals surface area contributed by atoms with Crippen LogP contribution >= 0.6 is 0 Å². The van der Waals surface area contributed by atoms with Gasteiger partial charge in [0.05, 0.1) is 6.61 Å². The van der Waals surface area contributed by atoms with Gasteiger partial charge in [0.1, 0.15) is 12.6 Å². The molecular weight excluding hydrogens is 296 g/mol. The lowest BCUT2D eigenvalue weighted by Crippen LogP contribution is -2.44. The summed E-state index contributed by atoms with van der Waals surface area (Å²) in [7, 11) is 0. The molecule has 0 radical (unpaired) electrons. The Hall–Kier alpha value is -2.08. The average molecular weight is 318 g/mol. The topological polar surface area (TPSA) is 67.9 Å². The maximum Gasteiger partial charge on any atom is 0.410 e.